The fraction of sp³-hybridized carbons (Fsp3) is 1.00. The van der Waals surface area contributed by atoms with Gasteiger partial charge in [0.05, 0.1) is 0 Å². The third-order valence-corrected chi connectivity index (χ3v) is 3.39. The van der Waals surface area contributed by atoms with E-state index in [0.717, 1.165) is 24.9 Å². The quantitative estimate of drug-likeness (QED) is 0.711. The molecule has 2 N–H and O–H groups in total. The second-order valence-corrected chi connectivity index (χ2v) is 4.98. The van der Waals surface area contributed by atoms with Crippen LogP contribution in [0.25, 0.3) is 0 Å². The predicted molar refractivity (Wildman–Crippen MR) is 60.3 cm³/mol. The Labute approximate surface area is 88.1 Å². The van der Waals surface area contributed by atoms with Crippen molar-refractivity contribution < 1.29 is 5.11 Å². The Morgan fingerprint density at radius 2 is 1.93 bits per heavy atom. The van der Waals surface area contributed by atoms with Crippen molar-refractivity contribution in [1.82, 2.24) is 5.32 Å². The summed E-state index contributed by atoms with van der Waals surface area (Å²) >= 11 is 0. The van der Waals surface area contributed by atoms with E-state index >= 15 is 0 Å². The van der Waals surface area contributed by atoms with Gasteiger partial charge in [-0.05, 0) is 50.5 Å². The van der Waals surface area contributed by atoms with Gasteiger partial charge in [0.25, 0.3) is 0 Å². The van der Waals surface area contributed by atoms with Crippen LogP contribution < -0.4 is 5.32 Å². The molecule has 1 aliphatic rings. The second kappa shape index (κ2) is 6.41. The van der Waals surface area contributed by atoms with Crippen LogP contribution in [0, 0.1) is 11.8 Å². The minimum Gasteiger partial charge on any atom is -0.396 e. The van der Waals surface area contributed by atoms with Crippen LogP contribution in [0.2, 0.25) is 0 Å². The zero-order valence-electron chi connectivity index (χ0n) is 9.63. The fourth-order valence-corrected chi connectivity index (χ4v) is 2.15. The molecule has 0 heterocycles. The van der Waals surface area contributed by atoms with Crippen LogP contribution in [-0.4, -0.2) is 24.3 Å². The molecule has 1 aliphatic carbocycles. The van der Waals surface area contributed by atoms with Crippen LogP contribution in [0.4, 0.5) is 0 Å². The van der Waals surface area contributed by atoms with E-state index in [-0.39, 0.29) is 0 Å². The van der Waals surface area contributed by atoms with Crippen molar-refractivity contribution in [1.29, 1.82) is 0 Å². The van der Waals surface area contributed by atoms with Crippen LogP contribution in [0.15, 0.2) is 0 Å². The normalized spacial score (nSPS) is 30.2. The highest BCUT2D eigenvalue weighted by atomic mass is 16.3. The van der Waals surface area contributed by atoms with Crippen molar-refractivity contribution in [3.05, 3.63) is 0 Å². The molecule has 1 atom stereocenters. The van der Waals surface area contributed by atoms with Crippen LogP contribution in [0.5, 0.6) is 0 Å². The molecule has 0 saturated heterocycles. The molecular formula is C12H25NO. The fourth-order valence-electron chi connectivity index (χ4n) is 2.15. The van der Waals surface area contributed by atoms with E-state index in [9.17, 15) is 0 Å². The highest BCUT2D eigenvalue weighted by molar-refractivity contribution is 4.75. The maximum absolute atomic E-state index is 8.78. The lowest BCUT2D eigenvalue weighted by Gasteiger charge is -2.28. The molecule has 0 aliphatic heterocycles. The first kappa shape index (κ1) is 12.0. The summed E-state index contributed by atoms with van der Waals surface area (Å²) in [6, 6.07) is 0.743. The average Bonchev–Trinajstić information content (AvgIpc) is 2.17. The zero-order valence-corrected chi connectivity index (χ0v) is 9.63. The minimum atomic E-state index is 0.324. The molecule has 0 bridgehead atoms. The van der Waals surface area contributed by atoms with Gasteiger partial charge >= 0.3 is 0 Å². The van der Waals surface area contributed by atoms with Gasteiger partial charge in [0.1, 0.15) is 0 Å². The van der Waals surface area contributed by atoms with E-state index in [1.165, 1.54) is 25.7 Å². The molecule has 0 aromatic carbocycles. The number of rotatable bonds is 5. The Balaban J connectivity index is 2.06. The topological polar surface area (TPSA) is 32.3 Å². The SMILES string of the molecule is CC1CCC(NCC(C)CCO)CC1. The van der Waals surface area contributed by atoms with Gasteiger partial charge in [-0.2, -0.15) is 0 Å². The number of aliphatic hydroxyl groups is 1. The molecule has 84 valence electrons. The van der Waals surface area contributed by atoms with Gasteiger partial charge in [0.15, 0.2) is 0 Å². The Kier molecular flexibility index (Phi) is 5.49. The lowest BCUT2D eigenvalue weighted by Crippen LogP contribution is -2.35. The van der Waals surface area contributed by atoms with Gasteiger partial charge in [0, 0.05) is 12.6 Å². The van der Waals surface area contributed by atoms with Crippen molar-refractivity contribution in [2.45, 2.75) is 52.0 Å². The summed E-state index contributed by atoms with van der Waals surface area (Å²) in [4.78, 5) is 0. The van der Waals surface area contributed by atoms with Crippen LogP contribution in [-0.2, 0) is 0 Å². The van der Waals surface area contributed by atoms with Gasteiger partial charge in [-0.1, -0.05) is 13.8 Å². The van der Waals surface area contributed by atoms with Crippen molar-refractivity contribution in [2.75, 3.05) is 13.2 Å². The van der Waals surface area contributed by atoms with Crippen LogP contribution >= 0.6 is 0 Å². The van der Waals surface area contributed by atoms with E-state index in [1.807, 2.05) is 0 Å². The summed E-state index contributed by atoms with van der Waals surface area (Å²) in [5, 5.41) is 12.4. The van der Waals surface area contributed by atoms with Crippen molar-refractivity contribution in [3.8, 4) is 0 Å². The average molecular weight is 199 g/mol. The number of nitrogens with one attached hydrogen (secondary N) is 1. The number of hydrogen-bond acceptors (Lipinski definition) is 2. The Morgan fingerprint density at radius 1 is 1.29 bits per heavy atom. The molecule has 14 heavy (non-hydrogen) atoms. The number of aliphatic hydroxyl groups excluding tert-OH is 1. The Hall–Kier alpha value is -0.0800. The molecule has 0 amide bonds. The smallest absolute Gasteiger partial charge is 0.0434 e. The Bertz CT molecular complexity index is 141. The van der Waals surface area contributed by atoms with Gasteiger partial charge in [0.2, 0.25) is 0 Å². The summed E-state index contributed by atoms with van der Waals surface area (Å²) in [6.07, 6.45) is 6.37. The summed E-state index contributed by atoms with van der Waals surface area (Å²) in [6.45, 7) is 5.95. The number of hydrogen-bond donors (Lipinski definition) is 2. The molecule has 2 nitrogen and oxygen atoms in total. The molecule has 0 spiro atoms. The largest absolute Gasteiger partial charge is 0.396 e. The van der Waals surface area contributed by atoms with Gasteiger partial charge in [-0.15, -0.1) is 0 Å². The summed E-state index contributed by atoms with van der Waals surface area (Å²) in [5.41, 5.74) is 0. The van der Waals surface area contributed by atoms with Gasteiger partial charge in [-0.3, -0.25) is 0 Å². The first-order valence-corrected chi connectivity index (χ1v) is 6.06. The van der Waals surface area contributed by atoms with Gasteiger partial charge < -0.3 is 10.4 Å². The van der Waals surface area contributed by atoms with E-state index < -0.39 is 0 Å². The molecule has 0 aromatic heterocycles. The van der Waals surface area contributed by atoms with E-state index in [0.29, 0.717) is 12.5 Å². The first-order chi connectivity index (χ1) is 6.72. The van der Waals surface area contributed by atoms with E-state index in [2.05, 4.69) is 19.2 Å². The standard InChI is InChI=1S/C12H25NO/c1-10-3-5-12(6-4-10)13-9-11(2)7-8-14/h10-14H,3-9H2,1-2H3. The molecule has 1 rings (SSSR count). The highest BCUT2D eigenvalue weighted by Crippen LogP contribution is 2.23. The van der Waals surface area contributed by atoms with Crippen molar-refractivity contribution in [3.63, 3.8) is 0 Å². The zero-order chi connectivity index (χ0) is 10.4. The molecule has 0 aromatic rings. The summed E-state index contributed by atoms with van der Waals surface area (Å²) in [5.74, 6) is 1.54. The highest BCUT2D eigenvalue weighted by Gasteiger charge is 2.17. The van der Waals surface area contributed by atoms with Gasteiger partial charge in [-0.25, -0.2) is 0 Å². The van der Waals surface area contributed by atoms with E-state index in [4.69, 9.17) is 5.11 Å². The van der Waals surface area contributed by atoms with Crippen LogP contribution in [0.3, 0.4) is 0 Å². The second-order valence-electron chi connectivity index (χ2n) is 4.98. The van der Waals surface area contributed by atoms with Crippen molar-refractivity contribution in [2.24, 2.45) is 11.8 Å². The molecule has 1 unspecified atom stereocenters. The molecule has 1 fully saturated rings. The maximum Gasteiger partial charge on any atom is 0.0434 e. The van der Waals surface area contributed by atoms with Crippen molar-refractivity contribution >= 4 is 0 Å². The lowest BCUT2D eigenvalue weighted by atomic mass is 9.87. The molecule has 0 radical (unpaired) electrons. The molecular weight excluding hydrogens is 174 g/mol. The third kappa shape index (κ3) is 4.43. The Morgan fingerprint density at radius 3 is 2.50 bits per heavy atom. The predicted octanol–water partition coefficient (Wildman–Crippen LogP) is 2.17. The maximum atomic E-state index is 8.78. The minimum absolute atomic E-state index is 0.324. The summed E-state index contributed by atoms with van der Waals surface area (Å²) < 4.78 is 0. The summed E-state index contributed by atoms with van der Waals surface area (Å²) in [7, 11) is 0. The monoisotopic (exact) mass is 199 g/mol. The van der Waals surface area contributed by atoms with Crippen LogP contribution in [0.1, 0.15) is 46.0 Å². The molecule has 1 saturated carbocycles. The van der Waals surface area contributed by atoms with E-state index in [1.54, 1.807) is 0 Å². The lowest BCUT2D eigenvalue weighted by molar-refractivity contribution is 0.248. The first-order valence-electron chi connectivity index (χ1n) is 6.06. The third-order valence-electron chi connectivity index (χ3n) is 3.39. The molecule has 2 heteroatoms.